The van der Waals surface area contributed by atoms with Crippen molar-refractivity contribution in [1.29, 1.82) is 0 Å². The van der Waals surface area contributed by atoms with E-state index in [-0.39, 0.29) is 30.2 Å². The number of rotatable bonds is 8. The highest BCUT2D eigenvalue weighted by Crippen LogP contribution is 2.44. The zero-order valence-corrected chi connectivity index (χ0v) is 19.7. The Morgan fingerprint density at radius 1 is 0.971 bits per heavy atom. The average molecular weight is 473 g/mol. The first-order valence-electron chi connectivity index (χ1n) is 11.6. The van der Waals surface area contributed by atoms with E-state index in [1.807, 2.05) is 43.3 Å². The van der Waals surface area contributed by atoms with E-state index in [4.69, 9.17) is 4.74 Å². The summed E-state index contributed by atoms with van der Waals surface area (Å²) >= 11 is 0. The number of hydrogen-bond donors (Lipinski definition) is 3. The van der Waals surface area contributed by atoms with Crippen molar-refractivity contribution in [2.45, 2.75) is 38.6 Å². The summed E-state index contributed by atoms with van der Waals surface area (Å²) in [4.78, 5) is 36.5. The molecule has 3 N–H and O–H groups in total. The van der Waals surface area contributed by atoms with Crippen molar-refractivity contribution in [1.82, 2.24) is 5.32 Å². The molecule has 0 radical (unpaired) electrons. The zero-order chi connectivity index (χ0) is 24.9. The van der Waals surface area contributed by atoms with Gasteiger partial charge in [0.25, 0.3) is 0 Å². The Bertz CT molecular complexity index is 1220. The zero-order valence-electron chi connectivity index (χ0n) is 19.7. The molecule has 3 aromatic carbocycles. The van der Waals surface area contributed by atoms with E-state index in [2.05, 4.69) is 22.8 Å². The van der Waals surface area contributed by atoms with E-state index < -0.39 is 24.0 Å². The lowest BCUT2D eigenvalue weighted by atomic mass is 9.98. The monoisotopic (exact) mass is 472 g/mol. The van der Waals surface area contributed by atoms with E-state index >= 15 is 0 Å². The normalized spacial score (nSPS) is 12.9. The van der Waals surface area contributed by atoms with Crippen LogP contribution in [0.5, 0.6) is 0 Å². The number of benzene rings is 3. The second-order valence-corrected chi connectivity index (χ2v) is 8.66. The number of carboxylic acid groups (broad SMARTS) is 1. The SMILES string of the molecule is CCc1ccc(NC(=O)CC(C)NC(=O)OCC2c3ccccc3-c3ccccc32)c(C(=O)O)c1. The Hall–Kier alpha value is -4.13. The van der Waals surface area contributed by atoms with Gasteiger partial charge < -0.3 is 20.5 Å². The summed E-state index contributed by atoms with van der Waals surface area (Å²) in [5, 5.41) is 14.8. The fraction of sp³-hybridized carbons (Fsp3) is 0.250. The van der Waals surface area contributed by atoms with Gasteiger partial charge >= 0.3 is 12.1 Å². The van der Waals surface area contributed by atoms with Gasteiger partial charge in [0.1, 0.15) is 6.61 Å². The van der Waals surface area contributed by atoms with Crippen molar-refractivity contribution in [2.75, 3.05) is 11.9 Å². The molecule has 0 saturated heterocycles. The molecule has 1 aliphatic rings. The third-order valence-corrected chi connectivity index (χ3v) is 6.20. The van der Waals surface area contributed by atoms with E-state index in [1.54, 1.807) is 25.1 Å². The van der Waals surface area contributed by atoms with Crippen LogP contribution in [0.15, 0.2) is 66.7 Å². The summed E-state index contributed by atoms with van der Waals surface area (Å²) in [5.74, 6) is -1.56. The molecule has 0 fully saturated rings. The van der Waals surface area contributed by atoms with E-state index in [0.29, 0.717) is 6.42 Å². The van der Waals surface area contributed by atoms with Gasteiger partial charge in [-0.2, -0.15) is 0 Å². The molecule has 180 valence electrons. The highest BCUT2D eigenvalue weighted by molar-refractivity contribution is 6.00. The van der Waals surface area contributed by atoms with Gasteiger partial charge in [-0.1, -0.05) is 61.5 Å². The average Bonchev–Trinajstić information content (AvgIpc) is 3.16. The predicted molar refractivity (Wildman–Crippen MR) is 134 cm³/mol. The van der Waals surface area contributed by atoms with Crippen LogP contribution in [0.4, 0.5) is 10.5 Å². The summed E-state index contributed by atoms with van der Waals surface area (Å²) in [6, 6.07) is 20.6. The number of nitrogens with one attached hydrogen (secondary N) is 2. The number of carbonyl (C=O) groups excluding carboxylic acids is 2. The Kier molecular flexibility index (Phi) is 7.15. The Balaban J connectivity index is 1.32. The molecule has 1 atom stereocenters. The van der Waals surface area contributed by atoms with Gasteiger partial charge in [0.15, 0.2) is 0 Å². The van der Waals surface area contributed by atoms with Crippen LogP contribution in [0.3, 0.4) is 0 Å². The smallest absolute Gasteiger partial charge is 0.407 e. The molecule has 7 heteroatoms. The topological polar surface area (TPSA) is 105 Å². The molecule has 1 unspecified atom stereocenters. The van der Waals surface area contributed by atoms with Crippen molar-refractivity contribution < 1.29 is 24.2 Å². The van der Waals surface area contributed by atoms with E-state index in [9.17, 15) is 19.5 Å². The highest BCUT2D eigenvalue weighted by Gasteiger charge is 2.29. The van der Waals surface area contributed by atoms with Gasteiger partial charge in [0.05, 0.1) is 11.3 Å². The number of carbonyl (C=O) groups is 3. The molecule has 2 amide bonds. The summed E-state index contributed by atoms with van der Waals surface area (Å²) in [5.41, 5.74) is 5.67. The van der Waals surface area contributed by atoms with Crippen molar-refractivity contribution in [3.05, 3.63) is 89.0 Å². The third kappa shape index (κ3) is 5.35. The lowest BCUT2D eigenvalue weighted by Crippen LogP contribution is -2.36. The molecule has 0 spiro atoms. The lowest BCUT2D eigenvalue weighted by Gasteiger charge is -2.17. The molecule has 7 nitrogen and oxygen atoms in total. The van der Waals surface area contributed by atoms with Gasteiger partial charge in [0, 0.05) is 18.4 Å². The van der Waals surface area contributed by atoms with Gasteiger partial charge in [-0.15, -0.1) is 0 Å². The molecule has 4 rings (SSSR count). The lowest BCUT2D eigenvalue weighted by molar-refractivity contribution is -0.116. The number of anilines is 1. The molecule has 0 aromatic heterocycles. The minimum Gasteiger partial charge on any atom is -0.478 e. The van der Waals surface area contributed by atoms with Gasteiger partial charge in [-0.3, -0.25) is 4.79 Å². The predicted octanol–water partition coefficient (Wildman–Crippen LogP) is 5.20. The molecular formula is C28H28N2O5. The second-order valence-electron chi connectivity index (χ2n) is 8.66. The van der Waals surface area contributed by atoms with Crippen molar-refractivity contribution in [2.24, 2.45) is 0 Å². The van der Waals surface area contributed by atoms with Crippen LogP contribution in [-0.4, -0.2) is 35.7 Å². The maximum atomic E-state index is 12.5. The first-order valence-corrected chi connectivity index (χ1v) is 11.6. The number of hydrogen-bond acceptors (Lipinski definition) is 4. The number of aryl methyl sites for hydroxylation is 1. The number of fused-ring (bicyclic) bond motifs is 3. The Morgan fingerprint density at radius 3 is 2.20 bits per heavy atom. The van der Waals surface area contributed by atoms with Crippen LogP contribution < -0.4 is 10.6 Å². The number of ether oxygens (including phenoxy) is 1. The number of carboxylic acids is 1. The largest absolute Gasteiger partial charge is 0.478 e. The van der Waals surface area contributed by atoms with Gasteiger partial charge in [-0.05, 0) is 53.3 Å². The number of aromatic carboxylic acids is 1. The van der Waals surface area contributed by atoms with Crippen LogP contribution in [0.1, 0.15) is 53.2 Å². The number of amides is 2. The van der Waals surface area contributed by atoms with Gasteiger partial charge in [-0.25, -0.2) is 9.59 Å². The minimum atomic E-state index is -1.11. The summed E-state index contributed by atoms with van der Waals surface area (Å²) in [7, 11) is 0. The molecular weight excluding hydrogens is 444 g/mol. The Labute approximate surface area is 204 Å². The molecule has 3 aromatic rings. The molecule has 1 aliphatic carbocycles. The van der Waals surface area contributed by atoms with Gasteiger partial charge in [0.2, 0.25) is 5.91 Å². The van der Waals surface area contributed by atoms with Crippen molar-refractivity contribution in [3.63, 3.8) is 0 Å². The number of alkyl carbamates (subject to hydrolysis) is 1. The fourth-order valence-electron chi connectivity index (χ4n) is 4.47. The maximum absolute atomic E-state index is 12.5. The van der Waals surface area contributed by atoms with Crippen LogP contribution in [0.25, 0.3) is 11.1 Å². The van der Waals surface area contributed by atoms with E-state index in [0.717, 1.165) is 27.8 Å². The fourth-order valence-corrected chi connectivity index (χ4v) is 4.47. The standard InChI is InChI=1S/C28H28N2O5/c1-3-18-12-13-25(23(15-18)27(32)33)30-26(31)14-17(2)29-28(34)35-16-24-21-10-6-4-8-19(21)20-9-5-7-11-22(20)24/h4-13,15,17,24H,3,14,16H2,1-2H3,(H,29,34)(H,30,31)(H,32,33). The molecule has 0 aliphatic heterocycles. The molecule has 0 saturated carbocycles. The maximum Gasteiger partial charge on any atom is 0.407 e. The molecule has 0 heterocycles. The highest BCUT2D eigenvalue weighted by atomic mass is 16.5. The van der Waals surface area contributed by atoms with Crippen molar-refractivity contribution >= 4 is 23.7 Å². The van der Waals surface area contributed by atoms with E-state index in [1.165, 1.54) is 0 Å². The first kappa shape index (κ1) is 24.0. The molecule has 0 bridgehead atoms. The quantitative estimate of drug-likeness (QED) is 0.418. The molecule has 35 heavy (non-hydrogen) atoms. The second kappa shape index (κ2) is 10.4. The van der Waals surface area contributed by atoms with Crippen LogP contribution in [-0.2, 0) is 16.0 Å². The van der Waals surface area contributed by atoms with Crippen LogP contribution in [0, 0.1) is 0 Å². The Morgan fingerprint density at radius 2 is 1.60 bits per heavy atom. The summed E-state index contributed by atoms with van der Waals surface area (Å²) in [6.07, 6.45) is 0.0552. The minimum absolute atomic E-state index is 0.0290. The van der Waals surface area contributed by atoms with Crippen LogP contribution >= 0.6 is 0 Å². The first-order chi connectivity index (χ1) is 16.9. The summed E-state index contributed by atoms with van der Waals surface area (Å²) in [6.45, 7) is 3.81. The van der Waals surface area contributed by atoms with Crippen molar-refractivity contribution in [3.8, 4) is 11.1 Å². The summed E-state index contributed by atoms with van der Waals surface area (Å²) < 4.78 is 5.53. The third-order valence-electron chi connectivity index (χ3n) is 6.20. The van der Waals surface area contributed by atoms with Crippen LogP contribution in [0.2, 0.25) is 0 Å².